The van der Waals surface area contributed by atoms with Crippen molar-refractivity contribution < 1.29 is 4.92 Å². The highest BCUT2D eigenvalue weighted by Gasteiger charge is 2.18. The van der Waals surface area contributed by atoms with Gasteiger partial charge in [-0.15, -0.1) is 0 Å². The number of benzene rings is 2. The van der Waals surface area contributed by atoms with Crippen molar-refractivity contribution in [3.63, 3.8) is 0 Å². The number of aromatic nitrogens is 2. The standard InChI is InChI=1S/C13H8BrN3O2/c14-8-5-6-12(17(18)19)9(7-8)13-15-10-3-1-2-4-11(10)16-13/h1-7H,(H,15,16). The zero-order valence-electron chi connectivity index (χ0n) is 9.63. The molecule has 0 amide bonds. The van der Waals surface area contributed by atoms with Crippen molar-refractivity contribution in [1.82, 2.24) is 9.97 Å². The van der Waals surface area contributed by atoms with Crippen molar-refractivity contribution >= 4 is 32.7 Å². The van der Waals surface area contributed by atoms with Crippen LogP contribution in [-0.4, -0.2) is 14.9 Å². The van der Waals surface area contributed by atoms with Crippen molar-refractivity contribution in [2.45, 2.75) is 0 Å². The molecule has 0 atom stereocenters. The Hall–Kier alpha value is -2.21. The lowest BCUT2D eigenvalue weighted by molar-refractivity contribution is -0.384. The first kappa shape index (κ1) is 11.9. The van der Waals surface area contributed by atoms with E-state index in [2.05, 4.69) is 25.9 Å². The van der Waals surface area contributed by atoms with E-state index in [1.54, 1.807) is 12.1 Å². The van der Waals surface area contributed by atoms with Gasteiger partial charge in [-0.25, -0.2) is 4.98 Å². The van der Waals surface area contributed by atoms with Gasteiger partial charge < -0.3 is 4.98 Å². The van der Waals surface area contributed by atoms with Gasteiger partial charge in [-0.05, 0) is 24.3 Å². The van der Waals surface area contributed by atoms with Gasteiger partial charge in [0.1, 0.15) is 5.82 Å². The molecule has 0 saturated heterocycles. The summed E-state index contributed by atoms with van der Waals surface area (Å²) in [6.07, 6.45) is 0. The maximum absolute atomic E-state index is 11.1. The monoisotopic (exact) mass is 317 g/mol. The first-order valence-corrected chi connectivity index (χ1v) is 6.33. The molecule has 0 radical (unpaired) electrons. The van der Waals surface area contributed by atoms with E-state index in [1.165, 1.54) is 6.07 Å². The smallest absolute Gasteiger partial charge is 0.280 e. The second-order valence-corrected chi connectivity index (χ2v) is 4.94. The van der Waals surface area contributed by atoms with Crippen LogP contribution in [0.3, 0.4) is 0 Å². The fourth-order valence-corrected chi connectivity index (χ4v) is 2.30. The number of H-pyrrole nitrogens is 1. The molecule has 0 spiro atoms. The summed E-state index contributed by atoms with van der Waals surface area (Å²) >= 11 is 3.32. The molecular formula is C13H8BrN3O2. The lowest BCUT2D eigenvalue weighted by Crippen LogP contribution is -1.93. The number of hydrogen-bond donors (Lipinski definition) is 1. The fourth-order valence-electron chi connectivity index (χ4n) is 1.94. The van der Waals surface area contributed by atoms with Crippen molar-refractivity contribution in [2.75, 3.05) is 0 Å². The van der Waals surface area contributed by atoms with E-state index >= 15 is 0 Å². The predicted molar refractivity (Wildman–Crippen MR) is 75.9 cm³/mol. The molecule has 0 unspecified atom stereocenters. The highest BCUT2D eigenvalue weighted by atomic mass is 79.9. The van der Waals surface area contributed by atoms with Crippen LogP contribution in [0, 0.1) is 10.1 Å². The number of rotatable bonds is 2. The summed E-state index contributed by atoms with van der Waals surface area (Å²) in [5.41, 5.74) is 2.14. The predicted octanol–water partition coefficient (Wildman–Crippen LogP) is 3.90. The fraction of sp³-hybridized carbons (Fsp3) is 0. The number of fused-ring (bicyclic) bond motifs is 1. The molecule has 6 heteroatoms. The molecule has 0 saturated carbocycles. The Morgan fingerprint density at radius 1 is 1.21 bits per heavy atom. The lowest BCUT2D eigenvalue weighted by atomic mass is 10.2. The minimum Gasteiger partial charge on any atom is -0.338 e. The molecule has 0 aliphatic heterocycles. The second-order valence-electron chi connectivity index (χ2n) is 4.02. The normalized spacial score (nSPS) is 10.8. The highest BCUT2D eigenvalue weighted by molar-refractivity contribution is 9.10. The number of halogens is 1. The van der Waals surface area contributed by atoms with Crippen LogP contribution >= 0.6 is 15.9 Å². The van der Waals surface area contributed by atoms with Gasteiger partial charge in [0.2, 0.25) is 0 Å². The molecule has 1 aromatic heterocycles. The molecular weight excluding hydrogens is 310 g/mol. The number of nitrogens with one attached hydrogen (secondary N) is 1. The second kappa shape index (κ2) is 4.47. The third-order valence-electron chi connectivity index (χ3n) is 2.80. The van der Waals surface area contributed by atoms with E-state index in [0.717, 1.165) is 15.5 Å². The van der Waals surface area contributed by atoms with Gasteiger partial charge in [0.15, 0.2) is 0 Å². The van der Waals surface area contributed by atoms with E-state index in [-0.39, 0.29) is 5.69 Å². The summed E-state index contributed by atoms with van der Waals surface area (Å²) in [6.45, 7) is 0. The Morgan fingerprint density at radius 3 is 2.74 bits per heavy atom. The number of imidazole rings is 1. The Morgan fingerprint density at radius 2 is 2.00 bits per heavy atom. The van der Waals surface area contributed by atoms with E-state index in [4.69, 9.17) is 0 Å². The Balaban J connectivity index is 2.25. The molecule has 1 heterocycles. The number of nitro groups is 1. The van der Waals surface area contributed by atoms with Crippen molar-refractivity contribution in [2.24, 2.45) is 0 Å². The number of aromatic amines is 1. The zero-order valence-corrected chi connectivity index (χ0v) is 11.2. The van der Waals surface area contributed by atoms with Gasteiger partial charge in [0.25, 0.3) is 5.69 Å². The molecule has 19 heavy (non-hydrogen) atoms. The van der Waals surface area contributed by atoms with E-state index in [1.807, 2.05) is 24.3 Å². The average Bonchev–Trinajstić information content (AvgIpc) is 2.81. The van der Waals surface area contributed by atoms with Crippen LogP contribution in [-0.2, 0) is 0 Å². The van der Waals surface area contributed by atoms with Crippen LogP contribution in [0.1, 0.15) is 0 Å². The van der Waals surface area contributed by atoms with Gasteiger partial charge in [-0.1, -0.05) is 28.1 Å². The summed E-state index contributed by atoms with van der Waals surface area (Å²) in [7, 11) is 0. The van der Waals surface area contributed by atoms with Gasteiger partial charge in [0, 0.05) is 10.5 Å². The Bertz CT molecular complexity index is 749. The zero-order chi connectivity index (χ0) is 13.4. The molecule has 3 rings (SSSR count). The summed E-state index contributed by atoms with van der Waals surface area (Å²) in [6, 6.07) is 12.3. The van der Waals surface area contributed by atoms with Gasteiger partial charge in [-0.2, -0.15) is 0 Å². The van der Waals surface area contributed by atoms with Crippen LogP contribution in [0.5, 0.6) is 0 Å². The molecule has 0 aliphatic rings. The number of nitro benzene ring substituents is 1. The van der Waals surface area contributed by atoms with E-state index in [9.17, 15) is 10.1 Å². The summed E-state index contributed by atoms with van der Waals surface area (Å²) in [4.78, 5) is 18.1. The maximum Gasteiger partial charge on any atom is 0.280 e. The topological polar surface area (TPSA) is 71.8 Å². The first-order valence-electron chi connectivity index (χ1n) is 5.54. The maximum atomic E-state index is 11.1. The number of para-hydroxylation sites is 2. The molecule has 5 nitrogen and oxygen atoms in total. The van der Waals surface area contributed by atoms with Crippen LogP contribution in [0.4, 0.5) is 5.69 Å². The Labute approximate surface area is 116 Å². The lowest BCUT2D eigenvalue weighted by Gasteiger charge is -2.00. The number of nitrogens with zero attached hydrogens (tertiary/aromatic N) is 2. The molecule has 0 aliphatic carbocycles. The van der Waals surface area contributed by atoms with Crippen molar-refractivity contribution in [1.29, 1.82) is 0 Å². The third kappa shape index (κ3) is 2.10. The van der Waals surface area contributed by atoms with Gasteiger partial charge in [-0.3, -0.25) is 10.1 Å². The van der Waals surface area contributed by atoms with Crippen LogP contribution in [0.25, 0.3) is 22.4 Å². The quantitative estimate of drug-likeness (QED) is 0.575. The third-order valence-corrected chi connectivity index (χ3v) is 3.29. The first-order chi connectivity index (χ1) is 9.15. The molecule has 3 aromatic rings. The number of hydrogen-bond acceptors (Lipinski definition) is 3. The van der Waals surface area contributed by atoms with Crippen LogP contribution in [0.2, 0.25) is 0 Å². The largest absolute Gasteiger partial charge is 0.338 e. The molecule has 1 N–H and O–H groups in total. The van der Waals surface area contributed by atoms with Crippen LogP contribution in [0.15, 0.2) is 46.9 Å². The minimum absolute atomic E-state index is 0.0299. The Kier molecular flexibility index (Phi) is 2.79. The summed E-state index contributed by atoms with van der Waals surface area (Å²) < 4.78 is 0.772. The van der Waals surface area contributed by atoms with Crippen molar-refractivity contribution in [3.8, 4) is 11.4 Å². The average molecular weight is 318 g/mol. The van der Waals surface area contributed by atoms with Gasteiger partial charge in [0.05, 0.1) is 21.5 Å². The molecule has 0 fully saturated rings. The van der Waals surface area contributed by atoms with Gasteiger partial charge >= 0.3 is 0 Å². The molecule has 0 bridgehead atoms. The summed E-state index contributed by atoms with van der Waals surface area (Å²) in [5, 5.41) is 11.1. The van der Waals surface area contributed by atoms with Crippen LogP contribution < -0.4 is 0 Å². The summed E-state index contributed by atoms with van der Waals surface area (Å²) in [5.74, 6) is 0.495. The minimum atomic E-state index is -0.408. The van der Waals surface area contributed by atoms with E-state index in [0.29, 0.717) is 11.4 Å². The molecule has 2 aromatic carbocycles. The highest BCUT2D eigenvalue weighted by Crippen LogP contribution is 2.31. The van der Waals surface area contributed by atoms with E-state index < -0.39 is 4.92 Å². The molecule has 94 valence electrons. The van der Waals surface area contributed by atoms with Crippen molar-refractivity contribution in [3.05, 3.63) is 57.1 Å². The SMILES string of the molecule is O=[N+]([O-])c1ccc(Br)cc1-c1nc2ccccc2[nH]1.